The Morgan fingerprint density at radius 3 is 2.72 bits per heavy atom. The molecule has 1 aromatic heterocycles. The molecule has 2 heterocycles. The van der Waals surface area contributed by atoms with Crippen molar-refractivity contribution in [1.29, 1.82) is 0 Å². The Kier molecular flexibility index (Phi) is 2.64. The fraction of sp³-hybridized carbons (Fsp3) is 0.333. The van der Waals surface area contributed by atoms with Crippen molar-refractivity contribution in [1.82, 2.24) is 4.98 Å². The van der Waals surface area contributed by atoms with Crippen molar-refractivity contribution in [3.8, 4) is 0 Å². The Morgan fingerprint density at radius 2 is 1.94 bits per heavy atom. The van der Waals surface area contributed by atoms with E-state index < -0.39 is 11.4 Å². The lowest BCUT2D eigenvalue weighted by Crippen LogP contribution is -2.36. The molecule has 18 heavy (non-hydrogen) atoms. The zero-order valence-electron chi connectivity index (χ0n) is 9.64. The molecule has 94 valence electrons. The molecule has 1 fully saturated rings. The summed E-state index contributed by atoms with van der Waals surface area (Å²) in [6.07, 6.45) is 0. The summed E-state index contributed by atoms with van der Waals surface area (Å²) in [5.41, 5.74) is 0.856. The van der Waals surface area contributed by atoms with E-state index >= 15 is 0 Å². The van der Waals surface area contributed by atoms with Gasteiger partial charge in [-0.15, -0.1) is 0 Å². The highest BCUT2D eigenvalue weighted by Crippen LogP contribution is 2.19. The van der Waals surface area contributed by atoms with E-state index in [-0.39, 0.29) is 0 Å². The van der Waals surface area contributed by atoms with Crippen LogP contribution < -0.4 is 16.3 Å². The summed E-state index contributed by atoms with van der Waals surface area (Å²) < 4.78 is 9.76. The quantitative estimate of drug-likeness (QED) is 0.786. The smallest absolute Gasteiger partial charge is 0.378 e. The second-order valence-electron chi connectivity index (χ2n) is 4.13. The number of nitrogens with one attached hydrogen (secondary N) is 1. The number of hydrogen-bond donors (Lipinski definition) is 1. The molecule has 0 spiro atoms. The zero-order valence-corrected chi connectivity index (χ0v) is 9.64. The number of aromatic nitrogens is 1. The largest absolute Gasteiger partial charge is 0.419 e. The molecular weight excluding hydrogens is 236 g/mol. The molecular formula is C12H12N2O4. The van der Waals surface area contributed by atoms with Gasteiger partial charge < -0.3 is 14.1 Å². The van der Waals surface area contributed by atoms with Gasteiger partial charge in [-0.25, -0.2) is 9.59 Å². The topological polar surface area (TPSA) is 75.5 Å². The van der Waals surface area contributed by atoms with E-state index in [1.54, 1.807) is 12.1 Å². The normalized spacial score (nSPS) is 16.1. The molecule has 0 atom stereocenters. The molecule has 6 nitrogen and oxygen atoms in total. The molecule has 1 saturated heterocycles. The van der Waals surface area contributed by atoms with Crippen LogP contribution in [-0.4, -0.2) is 31.3 Å². The van der Waals surface area contributed by atoms with Crippen LogP contribution in [0, 0.1) is 0 Å². The minimum absolute atomic E-state index is 0.381. The molecule has 0 saturated carbocycles. The van der Waals surface area contributed by atoms with Crippen LogP contribution in [0.4, 0.5) is 5.69 Å². The van der Waals surface area contributed by atoms with Crippen LogP contribution in [0.1, 0.15) is 0 Å². The van der Waals surface area contributed by atoms with Crippen LogP contribution in [-0.2, 0) is 4.74 Å². The third-order valence-corrected chi connectivity index (χ3v) is 3.02. The number of aromatic amines is 1. The molecule has 0 unspecified atom stereocenters. The first-order valence-electron chi connectivity index (χ1n) is 5.74. The lowest BCUT2D eigenvalue weighted by atomic mass is 10.2. The lowest BCUT2D eigenvalue weighted by Gasteiger charge is -2.28. The number of anilines is 1. The first-order valence-corrected chi connectivity index (χ1v) is 5.74. The predicted octanol–water partition coefficient (Wildman–Crippen LogP) is 0.318. The number of rotatable bonds is 1. The molecule has 0 bridgehead atoms. The van der Waals surface area contributed by atoms with Crippen LogP contribution in [0.15, 0.2) is 32.2 Å². The molecule has 2 aromatic rings. The van der Waals surface area contributed by atoms with Crippen LogP contribution in [0.5, 0.6) is 0 Å². The standard InChI is InChI=1S/C12H12N2O4/c15-11-9-2-1-8(14-3-5-17-6-4-14)7-10(9)13-12(16)18-11/h1-2,7H,3-6H2,(H,13,16). The minimum atomic E-state index is -0.730. The van der Waals surface area contributed by atoms with Crippen molar-refractivity contribution < 1.29 is 9.15 Å². The van der Waals surface area contributed by atoms with Crippen LogP contribution in [0.2, 0.25) is 0 Å². The number of fused-ring (bicyclic) bond motifs is 1. The third-order valence-electron chi connectivity index (χ3n) is 3.02. The van der Waals surface area contributed by atoms with E-state index in [2.05, 4.69) is 14.3 Å². The molecule has 0 radical (unpaired) electrons. The molecule has 0 aliphatic carbocycles. The third kappa shape index (κ3) is 1.91. The Labute approximate surface area is 102 Å². The number of benzene rings is 1. The zero-order chi connectivity index (χ0) is 12.5. The van der Waals surface area contributed by atoms with Crippen molar-refractivity contribution >= 4 is 16.6 Å². The van der Waals surface area contributed by atoms with Crippen molar-refractivity contribution in [2.75, 3.05) is 31.2 Å². The van der Waals surface area contributed by atoms with Crippen LogP contribution in [0.25, 0.3) is 10.9 Å². The summed E-state index contributed by atoms with van der Waals surface area (Å²) >= 11 is 0. The second-order valence-corrected chi connectivity index (χ2v) is 4.13. The molecule has 1 aromatic carbocycles. The van der Waals surface area contributed by atoms with Gasteiger partial charge in [-0.2, -0.15) is 0 Å². The van der Waals surface area contributed by atoms with Gasteiger partial charge in [-0.3, -0.25) is 4.98 Å². The molecule has 6 heteroatoms. The number of hydrogen-bond acceptors (Lipinski definition) is 5. The van der Waals surface area contributed by atoms with Crippen molar-refractivity contribution in [3.63, 3.8) is 0 Å². The highest BCUT2D eigenvalue weighted by Gasteiger charge is 2.12. The monoisotopic (exact) mass is 248 g/mol. The van der Waals surface area contributed by atoms with Gasteiger partial charge >= 0.3 is 11.4 Å². The van der Waals surface area contributed by atoms with Gasteiger partial charge in [0.05, 0.1) is 24.1 Å². The molecule has 1 N–H and O–H groups in total. The average molecular weight is 248 g/mol. The number of ether oxygens (including phenoxy) is 1. The van der Waals surface area contributed by atoms with Crippen molar-refractivity contribution in [3.05, 3.63) is 39.2 Å². The first kappa shape index (κ1) is 11.0. The van der Waals surface area contributed by atoms with Crippen molar-refractivity contribution in [2.45, 2.75) is 0 Å². The SMILES string of the molecule is O=c1[nH]c2cc(N3CCOCC3)ccc2c(=O)o1. The Balaban J connectivity index is 2.10. The predicted molar refractivity (Wildman–Crippen MR) is 66.1 cm³/mol. The molecule has 3 rings (SSSR count). The number of nitrogens with zero attached hydrogens (tertiary/aromatic N) is 1. The van der Waals surface area contributed by atoms with E-state index in [4.69, 9.17) is 4.74 Å². The van der Waals surface area contributed by atoms with Gasteiger partial charge in [0, 0.05) is 18.8 Å². The van der Waals surface area contributed by atoms with E-state index in [0.717, 1.165) is 18.8 Å². The summed E-state index contributed by atoms with van der Waals surface area (Å²) in [6.45, 7) is 2.98. The van der Waals surface area contributed by atoms with E-state index in [9.17, 15) is 9.59 Å². The maximum atomic E-state index is 11.5. The number of H-pyrrole nitrogens is 1. The van der Waals surface area contributed by atoms with Crippen molar-refractivity contribution in [2.24, 2.45) is 0 Å². The Bertz CT molecular complexity index is 682. The number of morpholine rings is 1. The van der Waals surface area contributed by atoms with E-state index in [1.165, 1.54) is 0 Å². The summed E-state index contributed by atoms with van der Waals surface area (Å²) in [6, 6.07) is 5.31. The average Bonchev–Trinajstić information content (AvgIpc) is 2.39. The molecule has 1 aliphatic heterocycles. The van der Waals surface area contributed by atoms with Gasteiger partial charge in [0.15, 0.2) is 0 Å². The van der Waals surface area contributed by atoms with Gasteiger partial charge in [0.2, 0.25) is 0 Å². The van der Waals surface area contributed by atoms with Gasteiger partial charge in [0.1, 0.15) is 0 Å². The Morgan fingerprint density at radius 1 is 1.17 bits per heavy atom. The van der Waals surface area contributed by atoms with Gasteiger partial charge in [-0.1, -0.05) is 0 Å². The molecule has 1 aliphatic rings. The van der Waals surface area contributed by atoms with Gasteiger partial charge in [-0.05, 0) is 18.2 Å². The Hall–Kier alpha value is -2.08. The fourth-order valence-corrected chi connectivity index (χ4v) is 2.11. The summed E-state index contributed by atoms with van der Waals surface area (Å²) in [7, 11) is 0. The maximum absolute atomic E-state index is 11.5. The summed E-state index contributed by atoms with van der Waals surface area (Å²) in [5.74, 6) is -0.730. The van der Waals surface area contributed by atoms with Crippen LogP contribution >= 0.6 is 0 Å². The van der Waals surface area contributed by atoms with E-state index in [0.29, 0.717) is 24.1 Å². The van der Waals surface area contributed by atoms with Crippen LogP contribution in [0.3, 0.4) is 0 Å². The summed E-state index contributed by atoms with van der Waals surface area (Å²) in [4.78, 5) is 27.3. The highest BCUT2D eigenvalue weighted by atomic mass is 16.5. The molecule has 0 amide bonds. The van der Waals surface area contributed by atoms with Gasteiger partial charge in [0.25, 0.3) is 0 Å². The second kappa shape index (κ2) is 4.30. The highest BCUT2D eigenvalue weighted by molar-refractivity contribution is 5.80. The fourth-order valence-electron chi connectivity index (χ4n) is 2.11. The maximum Gasteiger partial charge on any atom is 0.419 e. The lowest BCUT2D eigenvalue weighted by molar-refractivity contribution is 0.122. The minimum Gasteiger partial charge on any atom is -0.378 e. The first-order chi connectivity index (χ1) is 8.74. The summed E-state index contributed by atoms with van der Waals surface area (Å²) in [5, 5.41) is 0.381. The van der Waals surface area contributed by atoms with E-state index in [1.807, 2.05) is 6.07 Å².